The minimum atomic E-state index is -1.11. The molecule has 0 spiro atoms. The first kappa shape index (κ1) is 16.7. The van der Waals surface area contributed by atoms with Crippen molar-refractivity contribution in [3.8, 4) is 34.5 Å². The standard InChI is InChI=1S/C17H16O8/c1-23-12-4-7(3-10(20)14(12)21)16-17(24-2)15(22)13-9(19)5-8(18)6-11(13)25-16/h3-6,16-21H,1-2H3. The molecule has 0 saturated carbocycles. The number of methoxy groups -OCH3 is 2. The van der Waals surface area contributed by atoms with E-state index in [2.05, 4.69) is 0 Å². The molecule has 25 heavy (non-hydrogen) atoms. The molecule has 1 aliphatic rings. The molecular weight excluding hydrogens is 332 g/mol. The highest BCUT2D eigenvalue weighted by atomic mass is 16.5. The molecule has 0 fully saturated rings. The van der Waals surface area contributed by atoms with Crippen LogP contribution < -0.4 is 9.47 Å². The second-order valence-electron chi connectivity index (χ2n) is 5.49. The van der Waals surface area contributed by atoms with Crippen LogP contribution >= 0.6 is 0 Å². The minimum absolute atomic E-state index is 0.00884. The van der Waals surface area contributed by atoms with Crippen LogP contribution in [0.3, 0.4) is 0 Å². The number of aromatic hydroxyl groups is 4. The molecule has 0 saturated heterocycles. The molecule has 1 heterocycles. The van der Waals surface area contributed by atoms with E-state index in [1.54, 1.807) is 0 Å². The molecule has 0 amide bonds. The van der Waals surface area contributed by atoms with E-state index in [4.69, 9.17) is 14.2 Å². The molecule has 2 unspecified atom stereocenters. The molecule has 2 aromatic rings. The zero-order chi connectivity index (χ0) is 18.3. The van der Waals surface area contributed by atoms with Crippen molar-refractivity contribution in [3.05, 3.63) is 35.4 Å². The first-order valence-corrected chi connectivity index (χ1v) is 7.26. The summed E-state index contributed by atoms with van der Waals surface area (Å²) in [4.78, 5) is 12.7. The van der Waals surface area contributed by atoms with Gasteiger partial charge in [-0.05, 0) is 12.1 Å². The topological polar surface area (TPSA) is 126 Å². The van der Waals surface area contributed by atoms with Crippen LogP contribution in [0.1, 0.15) is 22.0 Å². The lowest BCUT2D eigenvalue weighted by molar-refractivity contribution is -0.00122. The number of hydrogen-bond acceptors (Lipinski definition) is 8. The van der Waals surface area contributed by atoms with Gasteiger partial charge in [0, 0.05) is 24.8 Å². The average molecular weight is 348 g/mol. The van der Waals surface area contributed by atoms with Crippen molar-refractivity contribution in [2.24, 2.45) is 0 Å². The monoisotopic (exact) mass is 348 g/mol. The highest BCUT2D eigenvalue weighted by Gasteiger charge is 2.41. The largest absolute Gasteiger partial charge is 0.508 e. The number of rotatable bonds is 3. The lowest BCUT2D eigenvalue weighted by atomic mass is 9.92. The van der Waals surface area contributed by atoms with E-state index in [0.29, 0.717) is 5.56 Å². The molecule has 0 aromatic heterocycles. The predicted octanol–water partition coefficient (Wildman–Crippen LogP) is 1.85. The van der Waals surface area contributed by atoms with Crippen LogP contribution in [0, 0.1) is 0 Å². The number of carbonyl (C=O) groups is 1. The molecule has 132 valence electrons. The Kier molecular flexibility index (Phi) is 4.05. The summed E-state index contributed by atoms with van der Waals surface area (Å²) in [6.45, 7) is 0. The first-order valence-electron chi connectivity index (χ1n) is 7.26. The molecule has 4 N–H and O–H groups in total. The van der Waals surface area contributed by atoms with E-state index in [9.17, 15) is 25.2 Å². The van der Waals surface area contributed by atoms with Crippen LogP contribution in [-0.4, -0.2) is 46.5 Å². The smallest absolute Gasteiger partial charge is 0.203 e. The summed E-state index contributed by atoms with van der Waals surface area (Å²) in [5.74, 6) is -2.17. The van der Waals surface area contributed by atoms with Crippen molar-refractivity contribution in [2.75, 3.05) is 14.2 Å². The number of phenols is 4. The number of fused-ring (bicyclic) bond motifs is 1. The summed E-state index contributed by atoms with van der Waals surface area (Å²) in [7, 11) is 2.61. The normalized spacial score (nSPS) is 19.2. The molecule has 8 nitrogen and oxygen atoms in total. The Morgan fingerprint density at radius 3 is 2.36 bits per heavy atom. The van der Waals surface area contributed by atoms with Gasteiger partial charge in [-0.25, -0.2) is 0 Å². The molecule has 0 aliphatic carbocycles. The maximum absolute atomic E-state index is 12.7. The van der Waals surface area contributed by atoms with E-state index in [1.165, 1.54) is 32.4 Å². The SMILES string of the molecule is COc1cc(C2Oc3cc(O)cc(O)c3C(=O)C2OC)cc(O)c1O. The van der Waals surface area contributed by atoms with Gasteiger partial charge in [-0.15, -0.1) is 0 Å². The number of ether oxygens (including phenoxy) is 3. The molecule has 2 aromatic carbocycles. The zero-order valence-electron chi connectivity index (χ0n) is 13.4. The molecule has 8 heteroatoms. The van der Waals surface area contributed by atoms with Gasteiger partial charge >= 0.3 is 0 Å². The molecule has 1 aliphatic heterocycles. The third-order valence-electron chi connectivity index (χ3n) is 3.98. The van der Waals surface area contributed by atoms with E-state index in [-0.39, 0.29) is 22.8 Å². The van der Waals surface area contributed by atoms with Crippen molar-refractivity contribution in [1.82, 2.24) is 0 Å². The number of Topliss-reactive ketones (excluding diaryl/α,β-unsaturated/α-hetero) is 1. The Morgan fingerprint density at radius 2 is 1.72 bits per heavy atom. The van der Waals surface area contributed by atoms with Crippen molar-refractivity contribution >= 4 is 5.78 Å². The van der Waals surface area contributed by atoms with Gasteiger partial charge in [-0.2, -0.15) is 0 Å². The summed E-state index contributed by atoms with van der Waals surface area (Å²) in [6, 6.07) is 4.84. The van der Waals surface area contributed by atoms with E-state index in [1.807, 2.05) is 0 Å². The number of ketones is 1. The third kappa shape index (κ3) is 2.66. The van der Waals surface area contributed by atoms with Crippen molar-refractivity contribution < 1.29 is 39.4 Å². The maximum Gasteiger partial charge on any atom is 0.203 e. The zero-order valence-corrected chi connectivity index (χ0v) is 13.4. The van der Waals surface area contributed by atoms with Crippen LogP contribution in [0.25, 0.3) is 0 Å². The third-order valence-corrected chi connectivity index (χ3v) is 3.98. The number of carbonyl (C=O) groups excluding carboxylic acids is 1. The summed E-state index contributed by atoms with van der Waals surface area (Å²) >= 11 is 0. The Balaban J connectivity index is 2.14. The molecule has 3 rings (SSSR count). The predicted molar refractivity (Wildman–Crippen MR) is 84.6 cm³/mol. The highest BCUT2D eigenvalue weighted by Crippen LogP contribution is 2.45. The summed E-state index contributed by atoms with van der Waals surface area (Å²) in [6.07, 6.45) is -2.11. The fourth-order valence-electron chi connectivity index (χ4n) is 2.81. The minimum Gasteiger partial charge on any atom is -0.508 e. The van der Waals surface area contributed by atoms with Gasteiger partial charge in [-0.3, -0.25) is 4.79 Å². The van der Waals surface area contributed by atoms with Crippen molar-refractivity contribution in [2.45, 2.75) is 12.2 Å². The highest BCUT2D eigenvalue weighted by molar-refractivity contribution is 6.05. The number of hydrogen-bond donors (Lipinski definition) is 4. The molecule has 0 bridgehead atoms. The Labute approximate surface area is 142 Å². The van der Waals surface area contributed by atoms with Crippen molar-refractivity contribution in [3.63, 3.8) is 0 Å². The van der Waals surface area contributed by atoms with Crippen LogP contribution in [0.15, 0.2) is 24.3 Å². The number of benzene rings is 2. The van der Waals surface area contributed by atoms with Gasteiger partial charge in [0.1, 0.15) is 22.8 Å². The molecule has 2 atom stereocenters. The second-order valence-corrected chi connectivity index (χ2v) is 5.49. The van der Waals surface area contributed by atoms with Crippen LogP contribution in [0.2, 0.25) is 0 Å². The van der Waals surface area contributed by atoms with Gasteiger partial charge < -0.3 is 34.6 Å². The van der Waals surface area contributed by atoms with E-state index >= 15 is 0 Å². The Morgan fingerprint density at radius 1 is 1.00 bits per heavy atom. The van der Waals surface area contributed by atoms with E-state index in [0.717, 1.165) is 6.07 Å². The van der Waals surface area contributed by atoms with Gasteiger partial charge in [0.2, 0.25) is 11.5 Å². The number of phenolic OH excluding ortho intramolecular Hbond substituents is 4. The summed E-state index contributed by atoms with van der Waals surface area (Å²) in [5, 5.41) is 39.2. The van der Waals surface area contributed by atoms with Gasteiger partial charge in [0.05, 0.1) is 7.11 Å². The lowest BCUT2D eigenvalue weighted by Crippen LogP contribution is -2.37. The van der Waals surface area contributed by atoms with E-state index < -0.39 is 35.2 Å². The fraction of sp³-hybridized carbons (Fsp3) is 0.235. The van der Waals surface area contributed by atoms with Crippen LogP contribution in [0.4, 0.5) is 0 Å². The molecular formula is C17H16O8. The Hall–Kier alpha value is -3.13. The van der Waals surface area contributed by atoms with Gasteiger partial charge in [0.15, 0.2) is 23.7 Å². The molecule has 0 radical (unpaired) electrons. The quantitative estimate of drug-likeness (QED) is 0.619. The Bertz CT molecular complexity index is 845. The van der Waals surface area contributed by atoms with Crippen LogP contribution in [-0.2, 0) is 4.74 Å². The van der Waals surface area contributed by atoms with Gasteiger partial charge in [0.25, 0.3) is 0 Å². The lowest BCUT2D eigenvalue weighted by Gasteiger charge is -2.32. The van der Waals surface area contributed by atoms with Crippen molar-refractivity contribution in [1.29, 1.82) is 0 Å². The van der Waals surface area contributed by atoms with Gasteiger partial charge in [-0.1, -0.05) is 0 Å². The fourth-order valence-corrected chi connectivity index (χ4v) is 2.81. The maximum atomic E-state index is 12.7. The summed E-state index contributed by atoms with van der Waals surface area (Å²) in [5.41, 5.74) is 0.205. The first-order chi connectivity index (χ1) is 11.9. The van der Waals surface area contributed by atoms with Crippen LogP contribution in [0.5, 0.6) is 34.5 Å². The average Bonchev–Trinajstić information content (AvgIpc) is 2.56. The second kappa shape index (κ2) is 6.06. The summed E-state index contributed by atoms with van der Waals surface area (Å²) < 4.78 is 15.9.